The second-order valence-electron chi connectivity index (χ2n) is 8.59. The van der Waals surface area contributed by atoms with Crippen molar-refractivity contribution < 1.29 is 8.78 Å². The first-order valence-electron chi connectivity index (χ1n) is 11.3. The highest BCUT2D eigenvalue weighted by Crippen LogP contribution is 2.33. The molecule has 9 heteroatoms. The van der Waals surface area contributed by atoms with Crippen molar-refractivity contribution in [2.45, 2.75) is 32.2 Å². The van der Waals surface area contributed by atoms with E-state index in [-0.39, 0.29) is 11.4 Å². The Labute approximate surface area is 206 Å². The van der Waals surface area contributed by atoms with E-state index < -0.39 is 5.82 Å². The predicted octanol–water partition coefficient (Wildman–Crippen LogP) is 5.86. The van der Waals surface area contributed by atoms with Gasteiger partial charge in [0.2, 0.25) is 0 Å². The summed E-state index contributed by atoms with van der Waals surface area (Å²) in [6.45, 7) is 2.50. The summed E-state index contributed by atoms with van der Waals surface area (Å²) >= 11 is 12.4. The minimum atomic E-state index is -0.435. The Morgan fingerprint density at radius 1 is 1.06 bits per heavy atom. The summed E-state index contributed by atoms with van der Waals surface area (Å²) in [4.78, 5) is 13.9. The van der Waals surface area contributed by atoms with Gasteiger partial charge in [0.25, 0.3) is 0 Å². The molecule has 5 nitrogen and oxygen atoms in total. The molecule has 2 aromatic carbocycles. The van der Waals surface area contributed by atoms with E-state index in [9.17, 15) is 8.78 Å². The maximum atomic E-state index is 14.8. The summed E-state index contributed by atoms with van der Waals surface area (Å²) < 4.78 is 30.9. The fourth-order valence-corrected chi connectivity index (χ4v) is 4.91. The quantitative estimate of drug-likeness (QED) is 0.359. The standard InChI is InChI=1S/C25H23Cl2F2N5/c26-17-7-8-19(28)16(11-17)6-9-22-31-13-21-24(33-22)34(14-15-3-2-10-30-12-15)25(32-21)23-18(27)4-1-5-20(23)29/h1,4-5,7-8,11,13,15,30H,2-3,6,9-10,12,14H2/t15-/m1/s1. The molecule has 1 atom stereocenters. The topological polar surface area (TPSA) is 55.6 Å². The first-order valence-corrected chi connectivity index (χ1v) is 12.1. The van der Waals surface area contributed by atoms with E-state index in [1.165, 1.54) is 18.2 Å². The van der Waals surface area contributed by atoms with E-state index in [4.69, 9.17) is 28.2 Å². The lowest BCUT2D eigenvalue weighted by Gasteiger charge is -2.24. The number of piperidine rings is 1. The fourth-order valence-electron chi connectivity index (χ4n) is 4.47. The summed E-state index contributed by atoms with van der Waals surface area (Å²) in [5.41, 5.74) is 1.96. The minimum Gasteiger partial charge on any atom is -0.316 e. The molecule has 0 radical (unpaired) electrons. The third kappa shape index (κ3) is 4.78. The van der Waals surface area contributed by atoms with E-state index in [1.54, 1.807) is 24.4 Å². The summed E-state index contributed by atoms with van der Waals surface area (Å²) in [6.07, 6.45) is 4.62. The Bertz CT molecular complexity index is 1310. The first kappa shape index (κ1) is 23.1. The van der Waals surface area contributed by atoms with E-state index in [0.29, 0.717) is 63.7 Å². The molecule has 1 aliphatic rings. The van der Waals surface area contributed by atoms with Gasteiger partial charge in [-0.1, -0.05) is 29.3 Å². The van der Waals surface area contributed by atoms with Crippen LogP contribution in [0.25, 0.3) is 22.6 Å². The zero-order valence-electron chi connectivity index (χ0n) is 18.4. The van der Waals surface area contributed by atoms with Crippen LogP contribution < -0.4 is 5.32 Å². The Morgan fingerprint density at radius 2 is 1.94 bits per heavy atom. The molecule has 176 valence electrons. The molecule has 1 aliphatic heterocycles. The number of nitrogens with one attached hydrogen (secondary N) is 1. The Morgan fingerprint density at radius 3 is 2.74 bits per heavy atom. The lowest BCUT2D eigenvalue weighted by Crippen LogP contribution is -2.32. The van der Waals surface area contributed by atoms with Crippen molar-refractivity contribution in [1.82, 2.24) is 24.8 Å². The second kappa shape index (κ2) is 9.94. The molecule has 5 rings (SSSR count). The number of fused-ring (bicyclic) bond motifs is 1. The number of aromatic nitrogens is 4. The van der Waals surface area contributed by atoms with E-state index in [0.717, 1.165) is 25.9 Å². The van der Waals surface area contributed by atoms with Gasteiger partial charge in [-0.15, -0.1) is 0 Å². The first-order chi connectivity index (χ1) is 16.5. The van der Waals surface area contributed by atoms with Crippen molar-refractivity contribution in [3.05, 3.63) is 75.7 Å². The van der Waals surface area contributed by atoms with E-state index in [1.807, 2.05) is 4.57 Å². The Balaban J connectivity index is 1.54. The molecule has 0 spiro atoms. The van der Waals surface area contributed by atoms with Crippen LogP contribution in [0.15, 0.2) is 42.6 Å². The van der Waals surface area contributed by atoms with Gasteiger partial charge in [-0.25, -0.2) is 23.7 Å². The second-order valence-corrected chi connectivity index (χ2v) is 9.43. The lowest BCUT2D eigenvalue weighted by molar-refractivity contribution is 0.340. The van der Waals surface area contributed by atoms with Crippen LogP contribution in [0.1, 0.15) is 24.2 Å². The van der Waals surface area contributed by atoms with Gasteiger partial charge in [0.15, 0.2) is 5.65 Å². The molecule has 2 aromatic heterocycles. The summed E-state index contributed by atoms with van der Waals surface area (Å²) in [5.74, 6) is 0.610. The monoisotopic (exact) mass is 501 g/mol. The van der Waals surface area contributed by atoms with Gasteiger partial charge < -0.3 is 9.88 Å². The van der Waals surface area contributed by atoms with Crippen molar-refractivity contribution in [3.8, 4) is 11.4 Å². The molecular weight excluding hydrogens is 479 g/mol. The maximum Gasteiger partial charge on any atom is 0.164 e. The third-order valence-corrected chi connectivity index (χ3v) is 6.74. The van der Waals surface area contributed by atoms with Gasteiger partial charge in [-0.05, 0) is 74.2 Å². The van der Waals surface area contributed by atoms with Crippen molar-refractivity contribution >= 4 is 34.4 Å². The summed E-state index contributed by atoms with van der Waals surface area (Å²) in [7, 11) is 0. The number of benzene rings is 2. The van der Waals surface area contributed by atoms with Gasteiger partial charge in [0, 0.05) is 18.0 Å². The van der Waals surface area contributed by atoms with Crippen molar-refractivity contribution in [1.29, 1.82) is 0 Å². The average molecular weight is 502 g/mol. The van der Waals surface area contributed by atoms with Crippen LogP contribution in [0, 0.1) is 17.6 Å². The van der Waals surface area contributed by atoms with Crippen LogP contribution >= 0.6 is 23.2 Å². The molecule has 0 bridgehead atoms. The minimum absolute atomic E-state index is 0.258. The number of hydrogen-bond donors (Lipinski definition) is 1. The smallest absolute Gasteiger partial charge is 0.164 e. The van der Waals surface area contributed by atoms with Gasteiger partial charge >= 0.3 is 0 Å². The highest BCUT2D eigenvalue weighted by atomic mass is 35.5. The molecule has 0 saturated carbocycles. The maximum absolute atomic E-state index is 14.8. The molecule has 34 heavy (non-hydrogen) atoms. The Hall–Kier alpha value is -2.61. The number of aryl methyl sites for hydroxylation is 2. The third-order valence-electron chi connectivity index (χ3n) is 6.19. The summed E-state index contributed by atoms with van der Waals surface area (Å²) in [5, 5.41) is 4.20. The van der Waals surface area contributed by atoms with Crippen LogP contribution in [-0.4, -0.2) is 32.6 Å². The zero-order valence-corrected chi connectivity index (χ0v) is 19.9. The number of halogens is 4. The molecule has 1 N–H and O–H groups in total. The highest BCUT2D eigenvalue weighted by molar-refractivity contribution is 6.33. The molecule has 1 fully saturated rings. The lowest BCUT2D eigenvalue weighted by atomic mass is 9.99. The zero-order chi connectivity index (χ0) is 23.7. The molecule has 0 unspecified atom stereocenters. The van der Waals surface area contributed by atoms with Gasteiger partial charge in [0.1, 0.15) is 28.8 Å². The highest BCUT2D eigenvalue weighted by Gasteiger charge is 2.23. The van der Waals surface area contributed by atoms with Crippen LogP contribution in [-0.2, 0) is 19.4 Å². The van der Waals surface area contributed by atoms with Gasteiger partial charge in [0.05, 0.1) is 16.8 Å². The predicted molar refractivity (Wildman–Crippen MR) is 130 cm³/mol. The summed E-state index contributed by atoms with van der Waals surface area (Å²) in [6, 6.07) is 9.11. The van der Waals surface area contributed by atoms with Crippen molar-refractivity contribution in [3.63, 3.8) is 0 Å². The molecule has 4 aromatic rings. The average Bonchev–Trinajstić information content (AvgIpc) is 3.17. The van der Waals surface area contributed by atoms with Crippen molar-refractivity contribution in [2.24, 2.45) is 5.92 Å². The van der Waals surface area contributed by atoms with Gasteiger partial charge in [-0.3, -0.25) is 0 Å². The molecule has 0 amide bonds. The number of hydrogen-bond acceptors (Lipinski definition) is 4. The van der Waals surface area contributed by atoms with Crippen LogP contribution in [0.2, 0.25) is 10.0 Å². The number of imidazole rings is 1. The van der Waals surface area contributed by atoms with Crippen molar-refractivity contribution in [2.75, 3.05) is 13.1 Å². The van der Waals surface area contributed by atoms with Crippen LogP contribution in [0.4, 0.5) is 8.78 Å². The normalized spacial score (nSPS) is 16.3. The van der Waals surface area contributed by atoms with Gasteiger partial charge in [-0.2, -0.15) is 0 Å². The van der Waals surface area contributed by atoms with E-state index in [2.05, 4.69) is 15.3 Å². The molecule has 1 saturated heterocycles. The number of rotatable bonds is 6. The van der Waals surface area contributed by atoms with Crippen LogP contribution in [0.3, 0.4) is 0 Å². The fraction of sp³-hybridized carbons (Fsp3) is 0.320. The SMILES string of the molecule is Fc1ccc(Cl)cc1CCc1ncc2nc(-c3c(F)cccc3Cl)n(C[C@@H]3CCCNC3)c2n1. The number of nitrogens with zero attached hydrogens (tertiary/aromatic N) is 4. The molecule has 3 heterocycles. The molecular formula is C25H23Cl2F2N5. The Kier molecular flexibility index (Phi) is 6.77. The largest absolute Gasteiger partial charge is 0.316 e. The van der Waals surface area contributed by atoms with Crippen LogP contribution in [0.5, 0.6) is 0 Å². The molecule has 0 aliphatic carbocycles. The van der Waals surface area contributed by atoms with E-state index >= 15 is 0 Å².